The topological polar surface area (TPSA) is 54.5 Å². The second kappa shape index (κ2) is 8.46. The van der Waals surface area contributed by atoms with Crippen LogP contribution in [0.5, 0.6) is 11.5 Å². The van der Waals surface area contributed by atoms with Crippen LogP contribution < -0.4 is 9.47 Å². The summed E-state index contributed by atoms with van der Waals surface area (Å²) in [5.41, 5.74) is 1.46. The van der Waals surface area contributed by atoms with Crippen LogP contribution in [0.15, 0.2) is 23.9 Å². The van der Waals surface area contributed by atoms with Gasteiger partial charge in [-0.25, -0.2) is 0 Å². The fourth-order valence-electron chi connectivity index (χ4n) is 3.59. The maximum absolute atomic E-state index is 12.9. The molecule has 0 aliphatic carbocycles. The van der Waals surface area contributed by atoms with Crippen molar-refractivity contribution in [1.29, 1.82) is 0 Å². The van der Waals surface area contributed by atoms with E-state index in [-0.39, 0.29) is 5.91 Å². The summed E-state index contributed by atoms with van der Waals surface area (Å²) in [6.07, 6.45) is 2.74. The van der Waals surface area contributed by atoms with Gasteiger partial charge < -0.3 is 19.1 Å². The quantitative estimate of drug-likeness (QED) is 0.547. The van der Waals surface area contributed by atoms with Crippen LogP contribution in [0.1, 0.15) is 12.0 Å². The van der Waals surface area contributed by atoms with Gasteiger partial charge in [0.15, 0.2) is 16.6 Å². The van der Waals surface area contributed by atoms with Gasteiger partial charge in [-0.2, -0.15) is 0 Å². The molecule has 28 heavy (non-hydrogen) atoms. The van der Waals surface area contributed by atoms with E-state index in [0.717, 1.165) is 50.6 Å². The van der Waals surface area contributed by atoms with Crippen LogP contribution >= 0.6 is 12.2 Å². The first kappa shape index (κ1) is 19.2. The molecule has 3 aliphatic rings. The number of rotatable bonds is 5. The zero-order valence-electron chi connectivity index (χ0n) is 16.1. The van der Waals surface area contributed by atoms with Crippen LogP contribution in [0.25, 0.3) is 6.08 Å². The van der Waals surface area contributed by atoms with Crippen molar-refractivity contribution in [3.63, 3.8) is 0 Å². The molecule has 0 spiro atoms. The number of morpholine rings is 1. The highest BCUT2D eigenvalue weighted by Gasteiger charge is 2.35. The Morgan fingerprint density at radius 1 is 1.07 bits per heavy atom. The number of ether oxygens (including phenoxy) is 3. The fourth-order valence-corrected chi connectivity index (χ4v) is 3.87. The molecular formula is C20H25N3O4S. The summed E-state index contributed by atoms with van der Waals surface area (Å²) in [4.78, 5) is 18.8. The van der Waals surface area contributed by atoms with E-state index in [2.05, 4.69) is 4.90 Å². The number of likely N-dealkylation sites (N-methyl/N-ethyl adjacent to an activating group) is 1. The van der Waals surface area contributed by atoms with Gasteiger partial charge in [0.1, 0.15) is 18.9 Å². The van der Waals surface area contributed by atoms with Crippen molar-refractivity contribution < 1.29 is 19.0 Å². The van der Waals surface area contributed by atoms with Crippen molar-refractivity contribution in [1.82, 2.24) is 14.7 Å². The molecule has 1 aromatic rings. The summed E-state index contributed by atoms with van der Waals surface area (Å²) in [7, 11) is 1.84. The van der Waals surface area contributed by atoms with Crippen molar-refractivity contribution in [3.8, 4) is 11.5 Å². The summed E-state index contributed by atoms with van der Waals surface area (Å²) in [6, 6.07) is 5.69. The van der Waals surface area contributed by atoms with Crippen molar-refractivity contribution >= 4 is 29.3 Å². The number of hydrogen-bond donors (Lipinski definition) is 0. The van der Waals surface area contributed by atoms with E-state index in [1.807, 2.05) is 31.3 Å². The van der Waals surface area contributed by atoms with E-state index in [4.69, 9.17) is 26.4 Å². The minimum absolute atomic E-state index is 0.0515. The summed E-state index contributed by atoms with van der Waals surface area (Å²) in [6.45, 7) is 6.13. The van der Waals surface area contributed by atoms with E-state index in [1.165, 1.54) is 0 Å². The number of benzene rings is 1. The molecule has 0 unspecified atom stereocenters. The number of nitrogens with zero attached hydrogens (tertiary/aromatic N) is 3. The lowest BCUT2D eigenvalue weighted by molar-refractivity contribution is -0.122. The van der Waals surface area contributed by atoms with E-state index in [1.54, 1.807) is 9.80 Å². The molecule has 0 bridgehead atoms. The first-order valence-corrected chi connectivity index (χ1v) is 10.1. The number of fused-ring (bicyclic) bond motifs is 1. The molecule has 0 radical (unpaired) electrons. The minimum atomic E-state index is -0.0515. The molecule has 2 fully saturated rings. The van der Waals surface area contributed by atoms with Gasteiger partial charge in [-0.1, -0.05) is 6.07 Å². The monoisotopic (exact) mass is 403 g/mol. The molecule has 8 heteroatoms. The number of hydrogen-bond acceptors (Lipinski definition) is 6. The fraction of sp³-hybridized carbons (Fsp3) is 0.500. The lowest BCUT2D eigenvalue weighted by Gasteiger charge is -2.27. The van der Waals surface area contributed by atoms with Gasteiger partial charge in [0.05, 0.1) is 13.2 Å². The highest BCUT2D eigenvalue weighted by atomic mass is 32.1. The number of carbonyl (C=O) groups excluding carboxylic acids is 1. The lowest BCUT2D eigenvalue weighted by Crippen LogP contribution is -2.39. The van der Waals surface area contributed by atoms with Gasteiger partial charge in [0.2, 0.25) is 0 Å². The Labute approximate surface area is 170 Å². The van der Waals surface area contributed by atoms with Crippen molar-refractivity contribution in [2.24, 2.45) is 0 Å². The molecular weight excluding hydrogens is 378 g/mol. The molecule has 150 valence electrons. The summed E-state index contributed by atoms with van der Waals surface area (Å²) >= 11 is 5.51. The normalized spacial score (nSPS) is 21.7. The van der Waals surface area contributed by atoms with Crippen LogP contribution in [0.3, 0.4) is 0 Å². The van der Waals surface area contributed by atoms with Crippen LogP contribution in [0, 0.1) is 0 Å². The van der Waals surface area contributed by atoms with Crippen LogP contribution in [0.4, 0.5) is 0 Å². The molecule has 2 saturated heterocycles. The van der Waals surface area contributed by atoms with Crippen molar-refractivity contribution in [3.05, 3.63) is 29.5 Å². The molecule has 3 aliphatic heterocycles. The SMILES string of the molecule is CN1C(=S)N(CCCN2CCOCC2)C(=O)/C1=C/c1ccc2c(c1)OCCO2. The van der Waals surface area contributed by atoms with E-state index in [9.17, 15) is 4.79 Å². The van der Waals surface area contributed by atoms with Crippen LogP contribution in [0.2, 0.25) is 0 Å². The Bertz CT molecular complexity index is 792. The molecule has 0 aromatic heterocycles. The summed E-state index contributed by atoms with van der Waals surface area (Å²) < 4.78 is 16.6. The molecule has 1 amide bonds. The molecule has 1 aromatic carbocycles. The van der Waals surface area contributed by atoms with Gasteiger partial charge >= 0.3 is 0 Å². The predicted molar refractivity (Wildman–Crippen MR) is 109 cm³/mol. The molecule has 3 heterocycles. The van der Waals surface area contributed by atoms with Crippen LogP contribution in [-0.2, 0) is 9.53 Å². The first-order chi connectivity index (χ1) is 13.6. The second-order valence-electron chi connectivity index (χ2n) is 7.04. The van der Waals surface area contributed by atoms with Gasteiger partial charge in [-0.15, -0.1) is 0 Å². The number of thiocarbonyl (C=S) groups is 1. The third kappa shape index (κ3) is 3.99. The van der Waals surface area contributed by atoms with Crippen molar-refractivity contribution in [2.75, 3.05) is 59.7 Å². The largest absolute Gasteiger partial charge is 0.486 e. The average molecular weight is 404 g/mol. The standard InChI is InChI=1S/C20H25N3O4S/c1-21-16(13-15-3-4-17-18(14-15)27-12-11-26-17)19(24)23(20(21)28)6-2-5-22-7-9-25-10-8-22/h3-4,13-14H,2,5-12H2,1H3/b16-13-. The van der Waals surface area contributed by atoms with E-state index in [0.29, 0.717) is 36.3 Å². The maximum Gasteiger partial charge on any atom is 0.276 e. The van der Waals surface area contributed by atoms with Gasteiger partial charge in [0.25, 0.3) is 5.91 Å². The first-order valence-electron chi connectivity index (χ1n) is 9.64. The van der Waals surface area contributed by atoms with E-state index >= 15 is 0 Å². The highest BCUT2D eigenvalue weighted by molar-refractivity contribution is 7.80. The smallest absolute Gasteiger partial charge is 0.276 e. The molecule has 0 atom stereocenters. The molecule has 0 N–H and O–H groups in total. The Morgan fingerprint density at radius 2 is 1.82 bits per heavy atom. The van der Waals surface area contributed by atoms with Gasteiger partial charge in [-0.3, -0.25) is 14.6 Å². The zero-order chi connectivity index (χ0) is 19.5. The van der Waals surface area contributed by atoms with Crippen molar-refractivity contribution in [2.45, 2.75) is 6.42 Å². The average Bonchev–Trinajstić information content (AvgIpc) is 2.92. The third-order valence-corrected chi connectivity index (χ3v) is 5.67. The van der Waals surface area contributed by atoms with Gasteiger partial charge in [0, 0.05) is 33.2 Å². The number of carbonyl (C=O) groups is 1. The highest BCUT2D eigenvalue weighted by Crippen LogP contribution is 2.32. The lowest BCUT2D eigenvalue weighted by atomic mass is 10.1. The minimum Gasteiger partial charge on any atom is -0.486 e. The second-order valence-corrected chi connectivity index (χ2v) is 7.40. The maximum atomic E-state index is 12.9. The molecule has 0 saturated carbocycles. The summed E-state index contributed by atoms with van der Waals surface area (Å²) in [5.74, 6) is 1.39. The molecule has 4 rings (SSSR count). The van der Waals surface area contributed by atoms with Gasteiger partial charge in [-0.05, 0) is 42.4 Å². The predicted octanol–water partition coefficient (Wildman–Crippen LogP) is 1.58. The Hall–Kier alpha value is -2.16. The summed E-state index contributed by atoms with van der Waals surface area (Å²) in [5, 5.41) is 0.552. The number of amides is 1. The molecule has 7 nitrogen and oxygen atoms in total. The Morgan fingerprint density at radius 3 is 2.61 bits per heavy atom. The third-order valence-electron chi connectivity index (χ3n) is 5.17. The Balaban J connectivity index is 1.42. The Kier molecular flexibility index (Phi) is 5.79. The zero-order valence-corrected chi connectivity index (χ0v) is 16.9. The van der Waals surface area contributed by atoms with Crippen LogP contribution in [-0.4, -0.2) is 85.4 Å². The van der Waals surface area contributed by atoms with E-state index < -0.39 is 0 Å².